The molecule has 1 N–H and O–H groups in total. The predicted molar refractivity (Wildman–Crippen MR) is 127 cm³/mol. The first-order valence-corrected chi connectivity index (χ1v) is 10.9. The van der Waals surface area contributed by atoms with Crippen LogP contribution in [-0.2, 0) is 9.59 Å². The van der Waals surface area contributed by atoms with Gasteiger partial charge in [-0.1, -0.05) is 43.6 Å². The number of carbonyl (C=O) groups is 2. The Bertz CT molecular complexity index is 1220. The van der Waals surface area contributed by atoms with E-state index in [1.807, 2.05) is 13.8 Å². The second kappa shape index (κ2) is 9.46. The second-order valence-electron chi connectivity index (χ2n) is 8.16. The van der Waals surface area contributed by atoms with E-state index in [-0.39, 0.29) is 11.3 Å². The zero-order valence-electron chi connectivity index (χ0n) is 18.2. The largest absolute Gasteiger partial charge is 0.507 e. The molecule has 4 rings (SSSR count). The number of halogens is 1. The Labute approximate surface area is 197 Å². The summed E-state index contributed by atoms with van der Waals surface area (Å²) < 4.78 is 5.77. The number of nitrogens with zero attached hydrogens (tertiary/aromatic N) is 2. The van der Waals surface area contributed by atoms with Gasteiger partial charge in [0.15, 0.2) is 0 Å². The number of anilines is 1. The van der Waals surface area contributed by atoms with Crippen molar-refractivity contribution >= 4 is 34.7 Å². The molecule has 0 aliphatic carbocycles. The Hall–Kier alpha value is -3.64. The van der Waals surface area contributed by atoms with Gasteiger partial charge in [-0.25, -0.2) is 0 Å². The summed E-state index contributed by atoms with van der Waals surface area (Å²) in [5, 5.41) is 11.7. The van der Waals surface area contributed by atoms with E-state index in [1.165, 1.54) is 4.90 Å². The molecule has 1 amide bonds. The highest BCUT2D eigenvalue weighted by molar-refractivity contribution is 6.51. The summed E-state index contributed by atoms with van der Waals surface area (Å²) in [5.74, 6) is -0.889. The normalized spacial score (nSPS) is 17.6. The quantitative estimate of drug-likeness (QED) is 0.301. The number of aliphatic hydroxyl groups excluding tert-OH is 1. The van der Waals surface area contributed by atoms with Gasteiger partial charge < -0.3 is 9.84 Å². The van der Waals surface area contributed by atoms with Crippen LogP contribution in [-0.4, -0.2) is 28.4 Å². The minimum Gasteiger partial charge on any atom is -0.507 e. The molecular formula is C26H23ClN2O4. The molecule has 1 atom stereocenters. The van der Waals surface area contributed by atoms with Crippen molar-refractivity contribution in [3.8, 4) is 5.75 Å². The van der Waals surface area contributed by atoms with E-state index in [9.17, 15) is 14.7 Å². The number of amides is 1. The molecule has 168 valence electrons. The lowest BCUT2D eigenvalue weighted by atomic mass is 9.95. The molecule has 0 saturated carbocycles. The van der Waals surface area contributed by atoms with E-state index in [4.69, 9.17) is 16.3 Å². The number of aliphatic hydroxyl groups is 1. The van der Waals surface area contributed by atoms with Gasteiger partial charge in [-0.05, 0) is 53.9 Å². The summed E-state index contributed by atoms with van der Waals surface area (Å²) in [4.78, 5) is 31.7. The third kappa shape index (κ3) is 4.61. The van der Waals surface area contributed by atoms with E-state index in [2.05, 4.69) is 4.98 Å². The van der Waals surface area contributed by atoms with Gasteiger partial charge in [0.2, 0.25) is 0 Å². The number of ketones is 1. The van der Waals surface area contributed by atoms with Crippen molar-refractivity contribution in [3.05, 3.63) is 94.8 Å². The van der Waals surface area contributed by atoms with Crippen molar-refractivity contribution in [2.75, 3.05) is 11.5 Å². The number of hydrogen-bond donors (Lipinski definition) is 1. The van der Waals surface area contributed by atoms with Crippen molar-refractivity contribution in [2.24, 2.45) is 5.92 Å². The SMILES string of the molecule is CC(C)COc1cccc(/C(O)=C2\C(=O)C(=O)N(c3cccc(Cl)c3)C2c2ccncc2)c1. The molecule has 3 aromatic rings. The number of pyridine rings is 1. The maximum Gasteiger partial charge on any atom is 0.300 e. The molecule has 1 fully saturated rings. The lowest BCUT2D eigenvalue weighted by molar-refractivity contribution is -0.132. The Kier molecular flexibility index (Phi) is 6.47. The number of benzene rings is 2. The maximum absolute atomic E-state index is 13.2. The van der Waals surface area contributed by atoms with Crippen LogP contribution in [0.25, 0.3) is 5.76 Å². The first-order chi connectivity index (χ1) is 15.9. The van der Waals surface area contributed by atoms with Gasteiger partial charge in [-0.3, -0.25) is 19.5 Å². The monoisotopic (exact) mass is 462 g/mol. The molecule has 1 unspecified atom stereocenters. The summed E-state index contributed by atoms with van der Waals surface area (Å²) in [6.07, 6.45) is 3.15. The number of aromatic nitrogens is 1. The lowest BCUT2D eigenvalue weighted by Crippen LogP contribution is -2.29. The number of Topliss-reactive ketones (excluding diaryl/α,β-unsaturated/α-hetero) is 1. The average Bonchev–Trinajstić information content (AvgIpc) is 3.08. The van der Waals surface area contributed by atoms with Crippen LogP contribution in [0.4, 0.5) is 5.69 Å². The van der Waals surface area contributed by atoms with E-state index in [0.29, 0.717) is 40.1 Å². The van der Waals surface area contributed by atoms with Crippen LogP contribution in [0.3, 0.4) is 0 Å². The molecule has 2 heterocycles. The first kappa shape index (κ1) is 22.6. The molecule has 0 radical (unpaired) electrons. The highest BCUT2D eigenvalue weighted by atomic mass is 35.5. The third-order valence-corrected chi connectivity index (χ3v) is 5.48. The molecule has 0 bridgehead atoms. The van der Waals surface area contributed by atoms with Gasteiger partial charge >= 0.3 is 0 Å². The second-order valence-corrected chi connectivity index (χ2v) is 8.60. The molecule has 1 aliphatic heterocycles. The Morgan fingerprint density at radius 3 is 2.52 bits per heavy atom. The first-order valence-electron chi connectivity index (χ1n) is 10.6. The summed E-state index contributed by atoms with van der Waals surface area (Å²) in [6.45, 7) is 4.59. The fraction of sp³-hybridized carbons (Fsp3) is 0.192. The fourth-order valence-electron chi connectivity index (χ4n) is 3.74. The van der Waals surface area contributed by atoms with E-state index in [0.717, 1.165) is 0 Å². The number of ether oxygens (including phenoxy) is 1. The van der Waals surface area contributed by atoms with Crippen LogP contribution in [0.5, 0.6) is 5.75 Å². The molecule has 7 heteroatoms. The zero-order chi connectivity index (χ0) is 23.5. The number of hydrogen-bond acceptors (Lipinski definition) is 5. The molecular weight excluding hydrogens is 440 g/mol. The molecule has 2 aromatic carbocycles. The van der Waals surface area contributed by atoms with Gasteiger partial charge in [0.05, 0.1) is 18.2 Å². The van der Waals surface area contributed by atoms with Crippen LogP contribution in [0.1, 0.15) is 31.0 Å². The lowest BCUT2D eigenvalue weighted by Gasteiger charge is -2.25. The maximum atomic E-state index is 13.2. The highest BCUT2D eigenvalue weighted by Gasteiger charge is 2.47. The summed E-state index contributed by atoms with van der Waals surface area (Å²) in [6, 6.07) is 16.1. The van der Waals surface area contributed by atoms with Crippen LogP contribution >= 0.6 is 11.6 Å². The molecule has 1 aliphatic rings. The van der Waals surface area contributed by atoms with Gasteiger partial charge in [0.1, 0.15) is 11.5 Å². The summed E-state index contributed by atoms with van der Waals surface area (Å²) in [5.41, 5.74) is 1.48. The highest BCUT2D eigenvalue weighted by Crippen LogP contribution is 2.42. The van der Waals surface area contributed by atoms with Crippen molar-refractivity contribution in [1.29, 1.82) is 0 Å². The molecule has 0 spiro atoms. The Balaban J connectivity index is 1.85. The zero-order valence-corrected chi connectivity index (χ0v) is 19.0. The predicted octanol–water partition coefficient (Wildman–Crippen LogP) is 5.40. The van der Waals surface area contributed by atoms with Gasteiger partial charge in [0, 0.05) is 28.7 Å². The molecule has 33 heavy (non-hydrogen) atoms. The van der Waals surface area contributed by atoms with Gasteiger partial charge in [0.25, 0.3) is 11.7 Å². The van der Waals surface area contributed by atoms with E-state index in [1.54, 1.807) is 73.1 Å². The smallest absolute Gasteiger partial charge is 0.300 e. The number of carbonyl (C=O) groups excluding carboxylic acids is 2. The van der Waals surface area contributed by atoms with Crippen LogP contribution in [0.15, 0.2) is 78.6 Å². The Morgan fingerprint density at radius 2 is 1.82 bits per heavy atom. The van der Waals surface area contributed by atoms with Crippen LogP contribution < -0.4 is 9.64 Å². The van der Waals surface area contributed by atoms with Crippen LogP contribution in [0.2, 0.25) is 5.02 Å². The van der Waals surface area contributed by atoms with E-state index >= 15 is 0 Å². The minimum atomic E-state index is -0.841. The molecule has 6 nitrogen and oxygen atoms in total. The summed E-state index contributed by atoms with van der Waals surface area (Å²) in [7, 11) is 0. The van der Waals surface area contributed by atoms with Crippen molar-refractivity contribution in [1.82, 2.24) is 4.98 Å². The summed E-state index contributed by atoms with van der Waals surface area (Å²) >= 11 is 6.16. The van der Waals surface area contributed by atoms with Crippen molar-refractivity contribution < 1.29 is 19.4 Å². The van der Waals surface area contributed by atoms with E-state index < -0.39 is 17.7 Å². The van der Waals surface area contributed by atoms with Crippen LogP contribution in [0, 0.1) is 5.92 Å². The number of rotatable bonds is 6. The molecule has 1 saturated heterocycles. The topological polar surface area (TPSA) is 79.7 Å². The Morgan fingerprint density at radius 1 is 1.09 bits per heavy atom. The van der Waals surface area contributed by atoms with Crippen molar-refractivity contribution in [2.45, 2.75) is 19.9 Å². The average molecular weight is 463 g/mol. The third-order valence-electron chi connectivity index (χ3n) is 5.24. The van der Waals surface area contributed by atoms with Crippen molar-refractivity contribution in [3.63, 3.8) is 0 Å². The molecule has 1 aromatic heterocycles. The standard InChI is InChI=1S/C26H23ClN2O4/c1-16(2)15-33-21-8-3-5-18(13-21)24(30)22-23(17-9-11-28-12-10-17)29(26(32)25(22)31)20-7-4-6-19(27)14-20/h3-14,16,23,30H,15H2,1-2H3/b24-22+. The fourth-order valence-corrected chi connectivity index (χ4v) is 3.92. The minimum absolute atomic E-state index is 0.00724. The van der Waals surface area contributed by atoms with Gasteiger partial charge in [-0.15, -0.1) is 0 Å². The van der Waals surface area contributed by atoms with Gasteiger partial charge in [-0.2, -0.15) is 0 Å².